The van der Waals surface area contributed by atoms with E-state index in [1.165, 1.54) is 10.9 Å². The van der Waals surface area contributed by atoms with E-state index in [4.69, 9.17) is 9.47 Å². The Morgan fingerprint density at radius 2 is 2.23 bits per heavy atom. The van der Waals surface area contributed by atoms with Crippen LogP contribution in [-0.4, -0.2) is 34.8 Å². The second-order valence-corrected chi connectivity index (χ2v) is 5.37. The first-order valence-corrected chi connectivity index (χ1v) is 7.45. The van der Waals surface area contributed by atoms with E-state index in [2.05, 4.69) is 4.98 Å². The monoisotopic (exact) mass is 302 g/mol. The number of carbonyl (C=O) groups is 1. The summed E-state index contributed by atoms with van der Waals surface area (Å²) in [5.41, 5.74) is 0.379. The average molecular weight is 302 g/mol. The number of para-hydroxylation sites is 1. The summed E-state index contributed by atoms with van der Waals surface area (Å²) in [5, 5.41) is 0.494. The summed E-state index contributed by atoms with van der Waals surface area (Å²) in [6.45, 7) is 0.828. The van der Waals surface area contributed by atoms with Crippen LogP contribution in [0.3, 0.4) is 0 Å². The van der Waals surface area contributed by atoms with E-state index < -0.39 is 5.97 Å². The minimum atomic E-state index is -0.451. The summed E-state index contributed by atoms with van der Waals surface area (Å²) < 4.78 is 12.0. The lowest BCUT2D eigenvalue weighted by Gasteiger charge is -2.22. The molecule has 6 heteroatoms. The number of aromatic nitrogens is 2. The predicted molar refractivity (Wildman–Crippen MR) is 80.6 cm³/mol. The smallest absolute Gasteiger partial charge is 0.326 e. The Morgan fingerprint density at radius 1 is 1.36 bits per heavy atom. The number of hydrogen-bond acceptors (Lipinski definition) is 5. The van der Waals surface area contributed by atoms with Crippen molar-refractivity contribution < 1.29 is 14.3 Å². The Balaban J connectivity index is 1.63. The Bertz CT molecular complexity index is 719. The summed E-state index contributed by atoms with van der Waals surface area (Å²) in [5.74, 6) is -0.451. The molecule has 1 aromatic carbocycles. The zero-order valence-electron chi connectivity index (χ0n) is 12.2. The molecule has 22 heavy (non-hydrogen) atoms. The number of benzene rings is 1. The third kappa shape index (κ3) is 3.33. The van der Waals surface area contributed by atoms with Crippen molar-refractivity contribution in [3.05, 3.63) is 40.9 Å². The van der Waals surface area contributed by atoms with Gasteiger partial charge in [0.15, 0.2) is 0 Å². The molecule has 0 aliphatic carbocycles. The van der Waals surface area contributed by atoms with E-state index in [1.54, 1.807) is 18.2 Å². The maximum atomic E-state index is 12.3. The van der Waals surface area contributed by atoms with Crippen LogP contribution in [0.1, 0.15) is 19.3 Å². The molecule has 116 valence electrons. The van der Waals surface area contributed by atoms with Gasteiger partial charge >= 0.3 is 5.97 Å². The molecule has 1 unspecified atom stereocenters. The maximum Gasteiger partial charge on any atom is 0.326 e. The van der Waals surface area contributed by atoms with E-state index >= 15 is 0 Å². The van der Waals surface area contributed by atoms with Crippen molar-refractivity contribution in [1.29, 1.82) is 0 Å². The molecule has 0 radical (unpaired) electrons. The van der Waals surface area contributed by atoms with E-state index in [-0.39, 0.29) is 24.8 Å². The second kappa shape index (κ2) is 6.70. The van der Waals surface area contributed by atoms with Crippen molar-refractivity contribution in [2.75, 3.05) is 13.2 Å². The fourth-order valence-corrected chi connectivity index (χ4v) is 2.53. The zero-order valence-corrected chi connectivity index (χ0v) is 12.2. The first kappa shape index (κ1) is 14.7. The molecule has 6 nitrogen and oxygen atoms in total. The minimum Gasteiger partial charge on any atom is -0.462 e. The largest absolute Gasteiger partial charge is 0.462 e. The van der Waals surface area contributed by atoms with Crippen molar-refractivity contribution >= 4 is 16.9 Å². The molecule has 0 saturated carbocycles. The standard InChI is InChI=1S/C16H18N2O4/c19-15(22-10-12-5-3-4-8-21-12)9-18-11-17-14-7-2-1-6-13(14)16(18)20/h1-2,6-7,11-12H,3-5,8-10H2. The third-order valence-corrected chi connectivity index (χ3v) is 3.74. The maximum absolute atomic E-state index is 12.3. The first-order chi connectivity index (χ1) is 10.7. The van der Waals surface area contributed by atoms with Crippen LogP contribution in [0.15, 0.2) is 35.4 Å². The van der Waals surface area contributed by atoms with Gasteiger partial charge in [0.05, 0.1) is 23.3 Å². The minimum absolute atomic E-state index is 0.0239. The van der Waals surface area contributed by atoms with Crippen molar-refractivity contribution in [1.82, 2.24) is 9.55 Å². The fourth-order valence-electron chi connectivity index (χ4n) is 2.53. The molecule has 2 aromatic rings. The van der Waals surface area contributed by atoms with E-state index in [0.29, 0.717) is 10.9 Å². The normalized spacial score (nSPS) is 18.3. The molecule has 0 N–H and O–H groups in total. The lowest BCUT2D eigenvalue weighted by molar-refractivity contribution is -0.149. The quantitative estimate of drug-likeness (QED) is 0.801. The average Bonchev–Trinajstić information content (AvgIpc) is 2.57. The van der Waals surface area contributed by atoms with Gasteiger partial charge in [-0.15, -0.1) is 0 Å². The predicted octanol–water partition coefficient (Wildman–Crippen LogP) is 1.51. The molecule has 1 fully saturated rings. The first-order valence-electron chi connectivity index (χ1n) is 7.45. The number of hydrogen-bond donors (Lipinski definition) is 0. The molecule has 0 bridgehead atoms. The zero-order chi connectivity index (χ0) is 15.4. The number of rotatable bonds is 4. The highest BCUT2D eigenvalue weighted by Gasteiger charge is 2.16. The molecule has 1 aromatic heterocycles. The molecule has 2 heterocycles. The summed E-state index contributed by atoms with van der Waals surface area (Å²) in [7, 11) is 0. The highest BCUT2D eigenvalue weighted by molar-refractivity contribution is 5.77. The SMILES string of the molecule is O=C(Cn1cnc2ccccc2c1=O)OCC1CCCCO1. The van der Waals surface area contributed by atoms with Crippen LogP contribution in [0.4, 0.5) is 0 Å². The number of carbonyl (C=O) groups excluding carboxylic acids is 1. The van der Waals surface area contributed by atoms with Crippen LogP contribution in [0, 0.1) is 0 Å². The van der Waals surface area contributed by atoms with Gasteiger partial charge < -0.3 is 9.47 Å². The van der Waals surface area contributed by atoms with Crippen LogP contribution < -0.4 is 5.56 Å². The number of esters is 1. The van der Waals surface area contributed by atoms with Gasteiger partial charge in [0.2, 0.25) is 0 Å². The van der Waals surface area contributed by atoms with E-state index in [1.807, 2.05) is 6.07 Å². The van der Waals surface area contributed by atoms with Crippen LogP contribution in [0.25, 0.3) is 10.9 Å². The van der Waals surface area contributed by atoms with Crippen LogP contribution >= 0.6 is 0 Å². The molecule has 0 spiro atoms. The van der Waals surface area contributed by atoms with Gasteiger partial charge in [-0.05, 0) is 31.4 Å². The summed E-state index contributed by atoms with van der Waals surface area (Å²) in [6, 6.07) is 7.05. The lowest BCUT2D eigenvalue weighted by Crippen LogP contribution is -2.29. The van der Waals surface area contributed by atoms with Crippen molar-refractivity contribution in [2.45, 2.75) is 31.9 Å². The Labute approximate surface area is 127 Å². The van der Waals surface area contributed by atoms with Crippen molar-refractivity contribution in [3.63, 3.8) is 0 Å². The lowest BCUT2D eigenvalue weighted by atomic mass is 10.1. The number of ether oxygens (including phenoxy) is 2. The highest BCUT2D eigenvalue weighted by Crippen LogP contribution is 2.12. The van der Waals surface area contributed by atoms with Crippen LogP contribution in [0.5, 0.6) is 0 Å². The molecule has 1 atom stereocenters. The molecular formula is C16H18N2O4. The fraction of sp³-hybridized carbons (Fsp3) is 0.438. The second-order valence-electron chi connectivity index (χ2n) is 5.37. The Kier molecular flexibility index (Phi) is 4.48. The molecule has 3 rings (SSSR count). The summed E-state index contributed by atoms with van der Waals surface area (Å²) >= 11 is 0. The van der Waals surface area contributed by atoms with Gasteiger partial charge in [0.25, 0.3) is 5.56 Å². The van der Waals surface area contributed by atoms with Gasteiger partial charge in [-0.3, -0.25) is 14.2 Å². The van der Waals surface area contributed by atoms with Crippen molar-refractivity contribution in [2.24, 2.45) is 0 Å². The van der Waals surface area contributed by atoms with E-state index in [0.717, 1.165) is 25.9 Å². The van der Waals surface area contributed by atoms with Crippen LogP contribution in [-0.2, 0) is 20.8 Å². The molecule has 1 aliphatic rings. The van der Waals surface area contributed by atoms with Gasteiger partial charge in [-0.25, -0.2) is 4.98 Å². The molecule has 1 saturated heterocycles. The topological polar surface area (TPSA) is 70.4 Å². The summed E-state index contributed by atoms with van der Waals surface area (Å²) in [6.07, 6.45) is 4.41. The third-order valence-electron chi connectivity index (χ3n) is 3.74. The Hall–Kier alpha value is -2.21. The molecular weight excluding hydrogens is 284 g/mol. The molecule has 0 amide bonds. The van der Waals surface area contributed by atoms with E-state index in [9.17, 15) is 9.59 Å². The van der Waals surface area contributed by atoms with Gasteiger partial charge in [0, 0.05) is 6.61 Å². The van der Waals surface area contributed by atoms with Gasteiger partial charge in [0.1, 0.15) is 13.2 Å². The number of nitrogens with zero attached hydrogens (tertiary/aromatic N) is 2. The Morgan fingerprint density at radius 3 is 3.05 bits per heavy atom. The van der Waals surface area contributed by atoms with Crippen LogP contribution in [0.2, 0.25) is 0 Å². The van der Waals surface area contributed by atoms with Gasteiger partial charge in [-0.2, -0.15) is 0 Å². The summed E-state index contributed by atoms with van der Waals surface area (Å²) in [4.78, 5) is 28.3. The van der Waals surface area contributed by atoms with Gasteiger partial charge in [-0.1, -0.05) is 12.1 Å². The number of fused-ring (bicyclic) bond motifs is 1. The highest BCUT2D eigenvalue weighted by atomic mass is 16.6. The van der Waals surface area contributed by atoms with Crippen molar-refractivity contribution in [3.8, 4) is 0 Å². The molecule has 1 aliphatic heterocycles.